The molecule has 1 aliphatic heterocycles. The van der Waals surface area contributed by atoms with E-state index in [1.54, 1.807) is 26.0 Å². The number of carbonyl (C=O) groups is 1. The summed E-state index contributed by atoms with van der Waals surface area (Å²) in [5.74, 6) is 0.395. The zero-order chi connectivity index (χ0) is 26.5. The number of benzene rings is 2. The topological polar surface area (TPSA) is 131 Å². The third-order valence-corrected chi connectivity index (χ3v) is 9.27. The van der Waals surface area contributed by atoms with Gasteiger partial charge in [0.25, 0.3) is 0 Å². The molecular weight excluding hydrogens is 506 g/mol. The number of nitrogens with zero attached hydrogens (tertiary/aromatic N) is 1. The highest BCUT2D eigenvalue weighted by atomic mass is 32.2. The lowest BCUT2D eigenvalue weighted by Gasteiger charge is -2.17. The van der Waals surface area contributed by atoms with Gasteiger partial charge in [0.2, 0.25) is 26.0 Å². The summed E-state index contributed by atoms with van der Waals surface area (Å²) in [5.41, 5.74) is 0.795. The maximum atomic E-state index is 13.0. The van der Waals surface area contributed by atoms with Crippen LogP contribution in [0.4, 0.5) is 5.69 Å². The summed E-state index contributed by atoms with van der Waals surface area (Å²) >= 11 is 0. The van der Waals surface area contributed by atoms with E-state index in [2.05, 4.69) is 10.0 Å². The fourth-order valence-electron chi connectivity index (χ4n) is 3.98. The van der Waals surface area contributed by atoms with Crippen LogP contribution in [0.2, 0.25) is 0 Å². The Labute approximate surface area is 213 Å². The normalized spacial score (nSPS) is 14.7. The molecule has 0 aliphatic carbocycles. The molecule has 0 radical (unpaired) electrons. The van der Waals surface area contributed by atoms with Crippen LogP contribution in [-0.2, 0) is 31.3 Å². The van der Waals surface area contributed by atoms with Gasteiger partial charge < -0.3 is 14.8 Å². The van der Waals surface area contributed by atoms with Crippen LogP contribution in [0.1, 0.15) is 38.7 Å². The van der Waals surface area contributed by atoms with E-state index in [-0.39, 0.29) is 34.4 Å². The van der Waals surface area contributed by atoms with E-state index in [0.29, 0.717) is 30.2 Å². The molecule has 12 heteroatoms. The lowest BCUT2D eigenvalue weighted by Crippen LogP contribution is -2.30. The Hall–Kier alpha value is -2.67. The number of rotatable bonds is 11. The molecule has 1 fully saturated rings. The van der Waals surface area contributed by atoms with Crippen LogP contribution < -0.4 is 19.5 Å². The van der Waals surface area contributed by atoms with Crippen molar-refractivity contribution in [1.82, 2.24) is 9.03 Å². The molecule has 2 aromatic carbocycles. The van der Waals surface area contributed by atoms with Gasteiger partial charge in [-0.15, -0.1) is 0 Å². The summed E-state index contributed by atoms with van der Waals surface area (Å²) < 4.78 is 65.6. The maximum absolute atomic E-state index is 13.0. The van der Waals surface area contributed by atoms with Gasteiger partial charge in [0.05, 0.1) is 29.7 Å². The summed E-state index contributed by atoms with van der Waals surface area (Å²) in [4.78, 5) is 12.9. The van der Waals surface area contributed by atoms with Crippen LogP contribution >= 0.6 is 0 Å². The number of methoxy groups -OCH3 is 2. The van der Waals surface area contributed by atoms with Gasteiger partial charge in [-0.2, -0.15) is 4.31 Å². The number of sulfonamides is 2. The summed E-state index contributed by atoms with van der Waals surface area (Å²) in [7, 11) is -4.48. The molecule has 0 saturated carbocycles. The van der Waals surface area contributed by atoms with E-state index in [1.807, 2.05) is 0 Å². The zero-order valence-electron chi connectivity index (χ0n) is 20.9. The number of hydrogen-bond donors (Lipinski definition) is 2. The highest BCUT2D eigenvalue weighted by Gasteiger charge is 2.28. The van der Waals surface area contributed by atoms with Gasteiger partial charge in [0, 0.05) is 25.6 Å². The first-order chi connectivity index (χ1) is 17.0. The van der Waals surface area contributed by atoms with Crippen molar-refractivity contribution < 1.29 is 31.1 Å². The SMILES string of the molecule is COc1ccc(S(=O)(=O)N2CCCC2)cc1CCC(=O)Nc1cc(S(=O)(=O)NC(C)C)ccc1OC. The lowest BCUT2D eigenvalue weighted by molar-refractivity contribution is -0.116. The first-order valence-electron chi connectivity index (χ1n) is 11.6. The molecule has 10 nitrogen and oxygen atoms in total. The Morgan fingerprint density at radius 3 is 2.17 bits per heavy atom. The van der Waals surface area contributed by atoms with Crippen molar-refractivity contribution in [3.05, 3.63) is 42.0 Å². The zero-order valence-corrected chi connectivity index (χ0v) is 22.5. The van der Waals surface area contributed by atoms with Crippen molar-refractivity contribution in [2.75, 3.05) is 32.6 Å². The Balaban J connectivity index is 1.77. The van der Waals surface area contributed by atoms with Crippen molar-refractivity contribution >= 4 is 31.6 Å². The van der Waals surface area contributed by atoms with Gasteiger partial charge in [-0.25, -0.2) is 21.6 Å². The second-order valence-electron chi connectivity index (χ2n) is 8.77. The van der Waals surface area contributed by atoms with E-state index in [4.69, 9.17) is 9.47 Å². The van der Waals surface area contributed by atoms with Crippen molar-refractivity contribution in [2.24, 2.45) is 0 Å². The molecule has 0 atom stereocenters. The third-order valence-electron chi connectivity index (χ3n) is 5.72. The average Bonchev–Trinajstić information content (AvgIpc) is 3.37. The van der Waals surface area contributed by atoms with Crippen molar-refractivity contribution in [1.29, 1.82) is 0 Å². The van der Waals surface area contributed by atoms with Gasteiger partial charge in [-0.05, 0) is 75.1 Å². The molecule has 36 heavy (non-hydrogen) atoms. The molecule has 0 aromatic heterocycles. The lowest BCUT2D eigenvalue weighted by atomic mass is 10.1. The highest BCUT2D eigenvalue weighted by Crippen LogP contribution is 2.29. The maximum Gasteiger partial charge on any atom is 0.243 e. The Morgan fingerprint density at radius 2 is 1.56 bits per heavy atom. The second-order valence-corrected chi connectivity index (χ2v) is 12.4. The number of ether oxygens (including phenoxy) is 2. The summed E-state index contributed by atoms with van der Waals surface area (Å²) in [6.07, 6.45) is 1.89. The van der Waals surface area contributed by atoms with Gasteiger partial charge in [-0.1, -0.05) is 0 Å². The van der Waals surface area contributed by atoms with Crippen LogP contribution in [0.3, 0.4) is 0 Å². The Bertz CT molecular complexity index is 1300. The molecule has 3 rings (SSSR count). The van der Waals surface area contributed by atoms with E-state index >= 15 is 0 Å². The molecule has 0 spiro atoms. The summed E-state index contributed by atoms with van der Waals surface area (Å²) in [5, 5.41) is 2.70. The minimum atomic E-state index is -3.77. The standard InChI is InChI=1S/C24H33N3O7S2/c1-17(2)26-35(29,30)19-8-11-23(34-4)21(16-19)25-24(28)12-7-18-15-20(9-10-22(18)33-3)36(31,32)27-13-5-6-14-27/h8-11,15-17,26H,5-7,12-14H2,1-4H3,(H,25,28). The van der Waals surface area contributed by atoms with Crippen molar-refractivity contribution in [2.45, 2.75) is 55.4 Å². The molecule has 198 valence electrons. The largest absolute Gasteiger partial charge is 0.496 e. The molecular formula is C24H33N3O7S2. The van der Waals surface area contributed by atoms with Crippen molar-refractivity contribution in [3.63, 3.8) is 0 Å². The van der Waals surface area contributed by atoms with Crippen LogP contribution in [0, 0.1) is 0 Å². The first kappa shape index (κ1) is 27.9. The number of aryl methyl sites for hydroxylation is 1. The molecule has 2 aromatic rings. The minimum absolute atomic E-state index is 0.00575. The number of nitrogens with one attached hydrogen (secondary N) is 2. The Morgan fingerprint density at radius 1 is 0.944 bits per heavy atom. The molecule has 1 amide bonds. The van der Waals surface area contributed by atoms with E-state index < -0.39 is 26.0 Å². The summed E-state index contributed by atoms with van der Waals surface area (Å²) in [6.45, 7) is 4.41. The molecule has 1 aliphatic rings. The second kappa shape index (κ2) is 11.6. The quantitative estimate of drug-likeness (QED) is 0.449. The fraction of sp³-hybridized carbons (Fsp3) is 0.458. The molecule has 1 saturated heterocycles. The number of carbonyl (C=O) groups excluding carboxylic acids is 1. The molecule has 0 bridgehead atoms. The fourth-order valence-corrected chi connectivity index (χ4v) is 6.82. The average molecular weight is 540 g/mol. The van der Waals surface area contributed by atoms with Crippen LogP contribution in [0.5, 0.6) is 11.5 Å². The van der Waals surface area contributed by atoms with Crippen molar-refractivity contribution in [3.8, 4) is 11.5 Å². The highest BCUT2D eigenvalue weighted by molar-refractivity contribution is 7.89. The van der Waals surface area contributed by atoms with Gasteiger partial charge in [0.1, 0.15) is 11.5 Å². The van der Waals surface area contributed by atoms with Gasteiger partial charge in [0.15, 0.2) is 0 Å². The monoisotopic (exact) mass is 539 g/mol. The third kappa shape index (κ3) is 6.55. The predicted molar refractivity (Wildman–Crippen MR) is 136 cm³/mol. The minimum Gasteiger partial charge on any atom is -0.496 e. The smallest absolute Gasteiger partial charge is 0.243 e. The van der Waals surface area contributed by atoms with Crippen LogP contribution in [0.25, 0.3) is 0 Å². The first-order valence-corrected chi connectivity index (χ1v) is 14.6. The number of anilines is 1. The number of hydrogen-bond acceptors (Lipinski definition) is 7. The molecule has 0 unspecified atom stereocenters. The summed E-state index contributed by atoms with van der Waals surface area (Å²) in [6, 6.07) is 8.57. The van der Waals surface area contributed by atoms with Gasteiger partial charge in [-0.3, -0.25) is 4.79 Å². The predicted octanol–water partition coefficient (Wildman–Crippen LogP) is 2.75. The Kier molecular flexibility index (Phi) is 8.98. The molecule has 2 N–H and O–H groups in total. The van der Waals surface area contributed by atoms with E-state index in [1.165, 1.54) is 42.8 Å². The van der Waals surface area contributed by atoms with Crippen LogP contribution in [0.15, 0.2) is 46.2 Å². The van der Waals surface area contributed by atoms with E-state index in [9.17, 15) is 21.6 Å². The van der Waals surface area contributed by atoms with E-state index in [0.717, 1.165) is 12.8 Å². The molecule has 1 heterocycles. The van der Waals surface area contributed by atoms with Gasteiger partial charge >= 0.3 is 0 Å². The number of amides is 1. The van der Waals surface area contributed by atoms with Crippen LogP contribution in [-0.4, -0.2) is 60.4 Å².